The second-order valence-electron chi connectivity index (χ2n) is 7.66. The number of nitrogens with zero attached hydrogens (tertiary/aromatic N) is 1. The first-order valence-corrected chi connectivity index (χ1v) is 10.4. The lowest BCUT2D eigenvalue weighted by Crippen LogP contribution is -2.23. The SMILES string of the molecule is CCCCCCCCCCc1ccc(CN2CCC(C(=O)OF)C2)cc1. The number of hydrogen-bond acceptors (Lipinski definition) is 3. The molecule has 0 bridgehead atoms. The molecule has 0 saturated carbocycles. The molecule has 1 aliphatic heterocycles. The second-order valence-corrected chi connectivity index (χ2v) is 7.66. The van der Waals surface area contributed by atoms with Crippen molar-refractivity contribution in [3.05, 3.63) is 35.4 Å². The van der Waals surface area contributed by atoms with E-state index in [0.717, 1.165) is 19.5 Å². The standard InChI is InChI=1S/C22H34FNO2/c1-2-3-4-5-6-7-8-9-10-19-11-13-20(14-12-19)17-24-16-15-21(18-24)22(25)26-23/h11-14,21H,2-10,15-18H2,1H3. The van der Waals surface area contributed by atoms with E-state index in [4.69, 9.17) is 0 Å². The highest BCUT2D eigenvalue weighted by Crippen LogP contribution is 2.20. The number of rotatable bonds is 12. The van der Waals surface area contributed by atoms with Gasteiger partial charge in [-0.15, -0.1) is 0 Å². The molecule has 1 fully saturated rings. The van der Waals surface area contributed by atoms with Crippen molar-refractivity contribution < 1.29 is 14.3 Å². The number of likely N-dealkylation sites (tertiary alicyclic amines) is 1. The van der Waals surface area contributed by atoms with Gasteiger partial charge >= 0.3 is 5.97 Å². The maximum atomic E-state index is 12.0. The minimum atomic E-state index is -0.729. The number of carbonyl (C=O) groups excluding carboxylic acids is 1. The average Bonchev–Trinajstić information content (AvgIpc) is 3.13. The van der Waals surface area contributed by atoms with E-state index in [-0.39, 0.29) is 5.92 Å². The molecule has 1 aromatic carbocycles. The molecule has 1 atom stereocenters. The van der Waals surface area contributed by atoms with Crippen LogP contribution in [0.5, 0.6) is 0 Å². The fourth-order valence-corrected chi connectivity index (χ4v) is 3.76. The zero-order valence-corrected chi connectivity index (χ0v) is 16.2. The lowest BCUT2D eigenvalue weighted by atomic mass is 10.0. The van der Waals surface area contributed by atoms with Crippen LogP contribution in [0, 0.1) is 5.92 Å². The van der Waals surface area contributed by atoms with Gasteiger partial charge in [0.05, 0.1) is 5.92 Å². The maximum Gasteiger partial charge on any atom is 0.353 e. The van der Waals surface area contributed by atoms with Crippen LogP contribution in [-0.2, 0) is 22.7 Å². The Hall–Kier alpha value is -1.42. The fraction of sp³-hybridized carbons (Fsp3) is 0.682. The number of benzene rings is 1. The van der Waals surface area contributed by atoms with Crippen LogP contribution < -0.4 is 0 Å². The third-order valence-electron chi connectivity index (χ3n) is 5.43. The molecule has 2 rings (SSSR count). The van der Waals surface area contributed by atoms with E-state index in [1.54, 1.807) is 0 Å². The highest BCUT2D eigenvalue weighted by Gasteiger charge is 2.30. The molecule has 1 aromatic rings. The Morgan fingerprint density at radius 1 is 1.04 bits per heavy atom. The molecule has 0 aliphatic carbocycles. The minimum Gasteiger partial charge on any atom is -0.298 e. The van der Waals surface area contributed by atoms with Crippen LogP contribution in [0.15, 0.2) is 24.3 Å². The summed E-state index contributed by atoms with van der Waals surface area (Å²) in [6.45, 7) is 4.48. The molecular weight excluding hydrogens is 329 g/mol. The summed E-state index contributed by atoms with van der Waals surface area (Å²) in [5.41, 5.74) is 2.65. The Labute approximate surface area is 157 Å². The van der Waals surface area contributed by atoms with Crippen molar-refractivity contribution in [1.29, 1.82) is 0 Å². The minimum absolute atomic E-state index is 0.318. The lowest BCUT2D eigenvalue weighted by molar-refractivity contribution is -0.188. The van der Waals surface area contributed by atoms with Crippen LogP contribution in [0.3, 0.4) is 0 Å². The van der Waals surface area contributed by atoms with Gasteiger partial charge in [-0.05, 0) is 36.9 Å². The normalized spacial score (nSPS) is 17.5. The van der Waals surface area contributed by atoms with Crippen molar-refractivity contribution in [1.82, 2.24) is 4.90 Å². The average molecular weight is 364 g/mol. The zero-order valence-electron chi connectivity index (χ0n) is 16.2. The van der Waals surface area contributed by atoms with E-state index in [0.29, 0.717) is 13.0 Å². The van der Waals surface area contributed by atoms with Crippen molar-refractivity contribution in [2.75, 3.05) is 13.1 Å². The lowest BCUT2D eigenvalue weighted by Gasteiger charge is -2.15. The summed E-state index contributed by atoms with van der Waals surface area (Å²) < 4.78 is 12.0. The Bertz CT molecular complexity index is 517. The molecule has 146 valence electrons. The van der Waals surface area contributed by atoms with Crippen molar-refractivity contribution in [2.45, 2.75) is 77.7 Å². The van der Waals surface area contributed by atoms with Crippen LogP contribution >= 0.6 is 0 Å². The van der Waals surface area contributed by atoms with Gasteiger partial charge in [0.15, 0.2) is 0 Å². The van der Waals surface area contributed by atoms with Crippen molar-refractivity contribution in [3.8, 4) is 0 Å². The van der Waals surface area contributed by atoms with Gasteiger partial charge in [0.2, 0.25) is 0 Å². The van der Waals surface area contributed by atoms with Crippen molar-refractivity contribution >= 4 is 5.97 Å². The quantitative estimate of drug-likeness (QED) is 0.451. The van der Waals surface area contributed by atoms with Gasteiger partial charge in [0.1, 0.15) is 0 Å². The van der Waals surface area contributed by atoms with Crippen LogP contribution in [0.4, 0.5) is 4.53 Å². The van der Waals surface area contributed by atoms with Gasteiger partial charge < -0.3 is 0 Å². The Morgan fingerprint density at radius 3 is 2.31 bits per heavy atom. The Kier molecular flexibility index (Phi) is 9.68. The molecule has 4 heteroatoms. The third kappa shape index (κ3) is 7.45. The molecule has 0 amide bonds. The molecule has 1 aliphatic rings. The summed E-state index contributed by atoms with van der Waals surface area (Å²) >= 11 is 0. The number of carbonyl (C=O) groups is 1. The monoisotopic (exact) mass is 363 g/mol. The molecule has 3 nitrogen and oxygen atoms in total. The van der Waals surface area contributed by atoms with Crippen LogP contribution in [0.2, 0.25) is 0 Å². The van der Waals surface area contributed by atoms with Crippen molar-refractivity contribution in [2.24, 2.45) is 5.92 Å². The predicted molar refractivity (Wildman–Crippen MR) is 103 cm³/mol. The maximum absolute atomic E-state index is 12.0. The fourth-order valence-electron chi connectivity index (χ4n) is 3.76. The number of halogens is 1. The van der Waals surface area contributed by atoms with Gasteiger partial charge in [-0.25, -0.2) is 4.79 Å². The first kappa shape index (κ1) is 20.9. The molecule has 0 spiro atoms. The van der Waals surface area contributed by atoms with Gasteiger partial charge in [-0.2, -0.15) is 0 Å². The van der Waals surface area contributed by atoms with E-state index >= 15 is 0 Å². The number of hydrogen-bond donors (Lipinski definition) is 0. The van der Waals surface area contributed by atoms with Crippen LogP contribution in [0.25, 0.3) is 0 Å². The topological polar surface area (TPSA) is 29.5 Å². The summed E-state index contributed by atoms with van der Waals surface area (Å²) in [6.07, 6.45) is 12.7. The molecule has 0 N–H and O–H groups in total. The zero-order chi connectivity index (χ0) is 18.6. The predicted octanol–water partition coefficient (Wildman–Crippen LogP) is 5.62. The summed E-state index contributed by atoms with van der Waals surface area (Å²) in [4.78, 5) is 16.8. The molecular formula is C22H34FNO2. The smallest absolute Gasteiger partial charge is 0.298 e. The number of unbranched alkanes of at least 4 members (excludes halogenated alkanes) is 7. The molecule has 1 unspecified atom stereocenters. The largest absolute Gasteiger partial charge is 0.353 e. The molecule has 1 heterocycles. The highest BCUT2D eigenvalue weighted by atomic mass is 19.3. The van der Waals surface area contributed by atoms with Gasteiger partial charge in [-0.3, -0.25) is 9.84 Å². The van der Waals surface area contributed by atoms with Crippen LogP contribution in [-0.4, -0.2) is 24.0 Å². The summed E-state index contributed by atoms with van der Waals surface area (Å²) in [5.74, 6) is -1.05. The van der Waals surface area contributed by atoms with Gasteiger partial charge in [-0.1, -0.05) is 76.1 Å². The first-order valence-electron chi connectivity index (χ1n) is 10.4. The summed E-state index contributed by atoms with van der Waals surface area (Å²) in [6, 6.07) is 8.81. The highest BCUT2D eigenvalue weighted by molar-refractivity contribution is 5.72. The van der Waals surface area contributed by atoms with E-state index < -0.39 is 5.97 Å². The summed E-state index contributed by atoms with van der Waals surface area (Å²) in [5, 5.41) is 0. The molecule has 1 saturated heterocycles. The summed E-state index contributed by atoms with van der Waals surface area (Å²) in [7, 11) is 0. The van der Waals surface area contributed by atoms with Gasteiger partial charge in [0, 0.05) is 17.6 Å². The number of aryl methyl sites for hydroxylation is 1. The Balaban J connectivity index is 1.60. The van der Waals surface area contributed by atoms with E-state index in [1.165, 1.54) is 62.5 Å². The molecule has 0 radical (unpaired) electrons. The molecule has 0 aromatic heterocycles. The van der Waals surface area contributed by atoms with Gasteiger partial charge in [0.25, 0.3) is 0 Å². The second kappa shape index (κ2) is 12.1. The van der Waals surface area contributed by atoms with Crippen molar-refractivity contribution in [3.63, 3.8) is 0 Å². The Morgan fingerprint density at radius 2 is 1.65 bits per heavy atom. The van der Waals surface area contributed by atoms with E-state index in [2.05, 4.69) is 41.0 Å². The molecule has 26 heavy (non-hydrogen) atoms. The first-order chi connectivity index (χ1) is 12.7. The van der Waals surface area contributed by atoms with Crippen LogP contribution in [0.1, 0.15) is 75.8 Å². The van der Waals surface area contributed by atoms with E-state index in [1.807, 2.05) is 0 Å². The third-order valence-corrected chi connectivity index (χ3v) is 5.43. The van der Waals surface area contributed by atoms with E-state index in [9.17, 15) is 9.32 Å².